The average molecular weight is 430 g/mol. The van der Waals surface area contributed by atoms with E-state index in [1.807, 2.05) is 54.7 Å². The zero-order chi connectivity index (χ0) is 16.1. The molecule has 0 aliphatic heterocycles. The van der Waals surface area contributed by atoms with E-state index < -0.39 is 0 Å². The Labute approximate surface area is 152 Å². The number of aliphatic imine (C=N–C) groups is 1. The minimum absolute atomic E-state index is 0.0509. The van der Waals surface area contributed by atoms with E-state index in [0.29, 0.717) is 0 Å². The van der Waals surface area contributed by atoms with E-state index in [1.54, 1.807) is 0 Å². The summed E-state index contributed by atoms with van der Waals surface area (Å²) in [6.07, 6.45) is 1.82. The summed E-state index contributed by atoms with van der Waals surface area (Å²) < 4.78 is 1.71. The summed E-state index contributed by atoms with van der Waals surface area (Å²) in [5, 5.41) is 0. The van der Waals surface area contributed by atoms with Gasteiger partial charge in [-0.25, -0.2) is 4.98 Å². The lowest BCUT2D eigenvalue weighted by molar-refractivity contribution is 0.877. The molecule has 0 N–H and O–H groups in total. The Morgan fingerprint density at radius 3 is 1.91 bits per heavy atom. The van der Waals surface area contributed by atoms with Crippen LogP contribution in [0.15, 0.2) is 86.9 Å². The number of halogens is 2. The molecule has 3 aromatic rings. The molecular weight excluding hydrogens is 416 g/mol. The van der Waals surface area contributed by atoms with E-state index in [0.717, 1.165) is 25.9 Å². The summed E-state index contributed by atoms with van der Waals surface area (Å²) in [6.45, 7) is 0. The zero-order valence-electron chi connectivity index (χ0n) is 12.2. The fraction of sp³-hybridized carbons (Fsp3) is 0.0526. The van der Waals surface area contributed by atoms with Crippen molar-refractivity contribution in [1.29, 1.82) is 0 Å². The molecule has 0 aliphatic carbocycles. The second kappa shape index (κ2) is 7.66. The van der Waals surface area contributed by atoms with Crippen molar-refractivity contribution in [3.8, 4) is 0 Å². The maximum Gasteiger partial charge on any atom is 0.106 e. The van der Waals surface area contributed by atoms with E-state index in [9.17, 15) is 0 Å². The number of rotatable bonds is 4. The normalized spacial score (nSPS) is 11.3. The highest BCUT2D eigenvalue weighted by molar-refractivity contribution is 9.11. The maximum atomic E-state index is 4.80. The van der Waals surface area contributed by atoms with Gasteiger partial charge in [0.1, 0.15) is 4.60 Å². The van der Waals surface area contributed by atoms with Gasteiger partial charge in [-0.1, -0.05) is 60.7 Å². The topological polar surface area (TPSA) is 25.2 Å². The van der Waals surface area contributed by atoms with Gasteiger partial charge in [-0.05, 0) is 55.1 Å². The monoisotopic (exact) mass is 428 g/mol. The lowest BCUT2D eigenvalue weighted by Crippen LogP contribution is -2.00. The van der Waals surface area contributed by atoms with Crippen molar-refractivity contribution in [3.63, 3.8) is 0 Å². The van der Waals surface area contributed by atoms with Gasteiger partial charge in [-0.15, -0.1) is 0 Å². The van der Waals surface area contributed by atoms with E-state index in [-0.39, 0.29) is 6.04 Å². The van der Waals surface area contributed by atoms with Crippen molar-refractivity contribution in [3.05, 3.63) is 98.7 Å². The van der Waals surface area contributed by atoms with Crippen LogP contribution in [0.2, 0.25) is 0 Å². The number of hydrogen-bond acceptors (Lipinski definition) is 2. The van der Waals surface area contributed by atoms with Crippen LogP contribution in [-0.4, -0.2) is 11.2 Å². The van der Waals surface area contributed by atoms with Crippen LogP contribution in [-0.2, 0) is 0 Å². The van der Waals surface area contributed by atoms with Gasteiger partial charge in [-0.2, -0.15) is 0 Å². The Balaban J connectivity index is 1.99. The van der Waals surface area contributed by atoms with Crippen LogP contribution in [0.25, 0.3) is 0 Å². The van der Waals surface area contributed by atoms with Gasteiger partial charge in [0.15, 0.2) is 0 Å². The molecule has 23 heavy (non-hydrogen) atoms. The third-order valence-corrected chi connectivity index (χ3v) is 4.53. The summed E-state index contributed by atoms with van der Waals surface area (Å²) in [6, 6.07) is 24.4. The molecular formula is C19H14Br2N2. The predicted molar refractivity (Wildman–Crippen MR) is 102 cm³/mol. The van der Waals surface area contributed by atoms with Crippen molar-refractivity contribution in [2.24, 2.45) is 4.99 Å². The third kappa shape index (κ3) is 4.15. The Morgan fingerprint density at radius 1 is 0.783 bits per heavy atom. The molecule has 0 fully saturated rings. The number of aromatic nitrogens is 1. The summed E-state index contributed by atoms with van der Waals surface area (Å²) in [4.78, 5) is 9.25. The summed E-state index contributed by atoms with van der Waals surface area (Å²) in [7, 11) is 0. The molecule has 0 aliphatic rings. The Bertz CT molecular complexity index is 763. The number of pyridine rings is 1. The van der Waals surface area contributed by atoms with Gasteiger partial charge >= 0.3 is 0 Å². The molecule has 4 heteroatoms. The van der Waals surface area contributed by atoms with Gasteiger partial charge in [0.05, 0.1) is 11.7 Å². The first-order chi connectivity index (χ1) is 11.2. The van der Waals surface area contributed by atoms with Crippen LogP contribution >= 0.6 is 31.9 Å². The van der Waals surface area contributed by atoms with Gasteiger partial charge in [-0.3, -0.25) is 4.99 Å². The summed E-state index contributed by atoms with van der Waals surface area (Å²) in [5.41, 5.74) is 3.11. The molecule has 0 atom stereocenters. The minimum atomic E-state index is -0.0509. The first-order valence-electron chi connectivity index (χ1n) is 7.19. The van der Waals surface area contributed by atoms with E-state index in [4.69, 9.17) is 4.99 Å². The highest BCUT2D eigenvalue weighted by atomic mass is 79.9. The quantitative estimate of drug-likeness (QED) is 0.379. The molecule has 0 saturated carbocycles. The van der Waals surface area contributed by atoms with Crippen molar-refractivity contribution < 1.29 is 0 Å². The molecule has 0 radical (unpaired) electrons. The molecule has 0 bridgehead atoms. The molecule has 0 amide bonds. The third-order valence-electron chi connectivity index (χ3n) is 3.42. The van der Waals surface area contributed by atoms with Crippen LogP contribution in [0.1, 0.15) is 22.9 Å². The fourth-order valence-corrected chi connectivity index (χ4v) is 2.95. The second-order valence-electron chi connectivity index (χ2n) is 5.00. The molecule has 1 heterocycles. The highest BCUT2D eigenvalue weighted by Crippen LogP contribution is 2.26. The van der Waals surface area contributed by atoms with Crippen molar-refractivity contribution in [2.75, 3.05) is 0 Å². The fourth-order valence-electron chi connectivity index (χ4n) is 2.30. The van der Waals surface area contributed by atoms with Crippen molar-refractivity contribution in [1.82, 2.24) is 4.98 Å². The Hall–Kier alpha value is -1.78. The molecule has 0 unspecified atom stereocenters. The van der Waals surface area contributed by atoms with Crippen LogP contribution in [0.5, 0.6) is 0 Å². The average Bonchev–Trinajstić information content (AvgIpc) is 2.60. The second-order valence-corrected chi connectivity index (χ2v) is 6.67. The minimum Gasteiger partial charge on any atom is -0.278 e. The SMILES string of the molecule is Brc1ccc(Br)c(C=NC(c2ccccc2)c2ccccc2)n1. The molecule has 114 valence electrons. The van der Waals surface area contributed by atoms with Crippen LogP contribution in [0.4, 0.5) is 0 Å². The number of benzene rings is 2. The number of hydrogen-bond donors (Lipinski definition) is 0. The van der Waals surface area contributed by atoms with Crippen LogP contribution < -0.4 is 0 Å². The molecule has 3 rings (SSSR count). The van der Waals surface area contributed by atoms with E-state index >= 15 is 0 Å². The predicted octanol–water partition coefficient (Wildman–Crippen LogP) is 5.82. The largest absolute Gasteiger partial charge is 0.278 e. The van der Waals surface area contributed by atoms with E-state index in [1.165, 1.54) is 0 Å². The zero-order valence-corrected chi connectivity index (χ0v) is 15.4. The van der Waals surface area contributed by atoms with Gasteiger partial charge in [0.25, 0.3) is 0 Å². The highest BCUT2D eigenvalue weighted by Gasteiger charge is 2.11. The van der Waals surface area contributed by atoms with Gasteiger partial charge in [0.2, 0.25) is 0 Å². The standard InChI is InChI=1S/C19H14Br2N2/c20-16-11-12-18(21)23-17(16)13-22-19(14-7-3-1-4-8-14)15-9-5-2-6-10-15/h1-13,19H. The first-order valence-corrected chi connectivity index (χ1v) is 8.78. The number of nitrogens with zero attached hydrogens (tertiary/aromatic N) is 2. The van der Waals surface area contributed by atoms with Crippen molar-refractivity contribution >= 4 is 38.1 Å². The summed E-state index contributed by atoms with van der Waals surface area (Å²) >= 11 is 6.92. The molecule has 0 spiro atoms. The molecule has 1 aromatic heterocycles. The Kier molecular flexibility index (Phi) is 5.36. The maximum absolute atomic E-state index is 4.80. The Morgan fingerprint density at radius 2 is 1.35 bits per heavy atom. The lowest BCUT2D eigenvalue weighted by Gasteiger charge is -2.13. The molecule has 2 aromatic carbocycles. The first kappa shape index (κ1) is 16.1. The smallest absolute Gasteiger partial charge is 0.106 e. The molecule has 2 nitrogen and oxygen atoms in total. The van der Waals surface area contributed by atoms with Gasteiger partial charge < -0.3 is 0 Å². The molecule has 0 saturated heterocycles. The van der Waals surface area contributed by atoms with Gasteiger partial charge in [0, 0.05) is 10.7 Å². The van der Waals surface area contributed by atoms with Crippen LogP contribution in [0.3, 0.4) is 0 Å². The van der Waals surface area contributed by atoms with Crippen LogP contribution in [0, 0.1) is 0 Å². The van der Waals surface area contributed by atoms with E-state index in [2.05, 4.69) is 61.1 Å². The lowest BCUT2D eigenvalue weighted by atomic mass is 9.99. The van der Waals surface area contributed by atoms with Crippen molar-refractivity contribution in [2.45, 2.75) is 6.04 Å². The summed E-state index contributed by atoms with van der Waals surface area (Å²) in [5.74, 6) is 0.